The van der Waals surface area contributed by atoms with Gasteiger partial charge in [-0.1, -0.05) is 45.9 Å². The summed E-state index contributed by atoms with van der Waals surface area (Å²) in [7, 11) is 0. The molecule has 0 spiro atoms. The second-order valence-corrected chi connectivity index (χ2v) is 9.29. The Kier molecular flexibility index (Phi) is 9.10. The van der Waals surface area contributed by atoms with Gasteiger partial charge in [-0.05, 0) is 55.4 Å². The van der Waals surface area contributed by atoms with Crippen molar-refractivity contribution in [3.05, 3.63) is 23.8 Å². The quantitative estimate of drug-likeness (QED) is 0.464. The van der Waals surface area contributed by atoms with Gasteiger partial charge in [0.25, 0.3) is 0 Å². The van der Waals surface area contributed by atoms with Crippen molar-refractivity contribution in [2.45, 2.75) is 84.5 Å². The first-order chi connectivity index (χ1) is 14.1. The van der Waals surface area contributed by atoms with Crippen LogP contribution in [0.1, 0.15) is 66.2 Å². The molecule has 6 nitrogen and oxygen atoms in total. The van der Waals surface area contributed by atoms with Crippen LogP contribution in [0.2, 0.25) is 0 Å². The number of aliphatic hydroxyl groups excluding tert-OH is 2. The minimum atomic E-state index is -1.07. The zero-order valence-corrected chi connectivity index (χ0v) is 18.7. The van der Waals surface area contributed by atoms with Gasteiger partial charge in [0.2, 0.25) is 0 Å². The maximum Gasteiger partial charge on any atom is 0.308 e. The van der Waals surface area contributed by atoms with Gasteiger partial charge in [0.05, 0.1) is 24.5 Å². The molecule has 2 rings (SSSR count). The van der Waals surface area contributed by atoms with Crippen molar-refractivity contribution in [2.24, 2.45) is 29.6 Å². The number of aliphatic hydroxyl groups is 2. The smallest absolute Gasteiger partial charge is 0.308 e. The van der Waals surface area contributed by atoms with Crippen LogP contribution < -0.4 is 0 Å². The third-order valence-corrected chi connectivity index (χ3v) is 6.67. The van der Waals surface area contributed by atoms with Crippen molar-refractivity contribution in [2.75, 3.05) is 0 Å². The SMILES string of the molecule is CC[C@H](C)C(=O)O[C@H]1C[C@@H](C)C=C2C=C[C@H](C)C(CC[C@@H](O)C[C@@H](O)CC(=O)O)[C@H]21. The molecule has 170 valence electrons. The second-order valence-electron chi connectivity index (χ2n) is 9.29. The molecule has 3 N–H and O–H groups in total. The van der Waals surface area contributed by atoms with Crippen LogP contribution in [-0.2, 0) is 14.3 Å². The van der Waals surface area contributed by atoms with Gasteiger partial charge in [-0.25, -0.2) is 0 Å². The van der Waals surface area contributed by atoms with Gasteiger partial charge in [-0.15, -0.1) is 0 Å². The summed E-state index contributed by atoms with van der Waals surface area (Å²) in [6.07, 6.45) is 7.07. The van der Waals surface area contributed by atoms with Gasteiger partial charge < -0.3 is 20.1 Å². The van der Waals surface area contributed by atoms with E-state index in [9.17, 15) is 19.8 Å². The van der Waals surface area contributed by atoms with Gasteiger partial charge in [-0.2, -0.15) is 0 Å². The molecule has 0 aromatic carbocycles. The first-order valence-electron chi connectivity index (χ1n) is 11.3. The lowest BCUT2D eigenvalue weighted by Crippen LogP contribution is -2.41. The monoisotopic (exact) mass is 422 g/mol. The zero-order chi connectivity index (χ0) is 22.4. The minimum absolute atomic E-state index is 0.0556. The predicted octanol–water partition coefficient (Wildman–Crippen LogP) is 3.72. The number of carboxylic acid groups (broad SMARTS) is 1. The average Bonchev–Trinajstić information content (AvgIpc) is 2.65. The highest BCUT2D eigenvalue weighted by atomic mass is 16.5. The van der Waals surface area contributed by atoms with Gasteiger partial charge >= 0.3 is 11.9 Å². The number of carbonyl (C=O) groups excluding carboxylic acids is 1. The Morgan fingerprint density at radius 3 is 2.57 bits per heavy atom. The van der Waals surface area contributed by atoms with Crippen molar-refractivity contribution < 1.29 is 29.6 Å². The number of rotatable bonds is 10. The Balaban J connectivity index is 2.09. The number of aliphatic carboxylic acids is 1. The molecule has 6 heteroatoms. The molecule has 0 bridgehead atoms. The van der Waals surface area contributed by atoms with Crippen molar-refractivity contribution >= 4 is 11.9 Å². The maximum atomic E-state index is 12.5. The summed E-state index contributed by atoms with van der Waals surface area (Å²) in [6.45, 7) is 8.16. The molecule has 0 saturated heterocycles. The molecule has 0 amide bonds. The first-order valence-corrected chi connectivity index (χ1v) is 11.3. The van der Waals surface area contributed by atoms with Gasteiger partial charge in [0.1, 0.15) is 6.10 Å². The Labute approximate surface area is 180 Å². The summed E-state index contributed by atoms with van der Waals surface area (Å²) in [5.74, 6) is -0.406. The fourth-order valence-electron chi connectivity index (χ4n) is 4.76. The number of carboxylic acids is 1. The Hall–Kier alpha value is -1.66. The van der Waals surface area contributed by atoms with E-state index in [0.29, 0.717) is 12.3 Å². The standard InChI is InChI=1S/C24H38O6/c1-5-15(3)24(29)30-21-11-14(2)10-17-7-6-16(4)20(23(17)21)9-8-18(25)12-19(26)13-22(27)28/h6-7,10,14-16,18-21,23,25-26H,5,8-9,11-13H2,1-4H3,(H,27,28)/t14-,15-,16-,18+,19+,20?,21-,23-/m0/s1. The lowest BCUT2D eigenvalue weighted by Gasteiger charge is -2.43. The van der Waals surface area contributed by atoms with Gasteiger partial charge in [0, 0.05) is 5.92 Å². The molecular formula is C24H38O6. The van der Waals surface area contributed by atoms with E-state index in [-0.39, 0.29) is 48.6 Å². The Morgan fingerprint density at radius 1 is 1.23 bits per heavy atom. The highest BCUT2D eigenvalue weighted by molar-refractivity contribution is 5.72. The molecular weight excluding hydrogens is 384 g/mol. The molecule has 30 heavy (non-hydrogen) atoms. The fourth-order valence-corrected chi connectivity index (χ4v) is 4.76. The minimum Gasteiger partial charge on any atom is -0.481 e. The molecule has 0 fully saturated rings. The second kappa shape index (κ2) is 11.1. The summed E-state index contributed by atoms with van der Waals surface area (Å²) in [6, 6.07) is 0. The van der Waals surface area contributed by atoms with E-state index in [1.165, 1.54) is 5.57 Å². The predicted molar refractivity (Wildman–Crippen MR) is 115 cm³/mol. The van der Waals surface area contributed by atoms with Crippen LogP contribution in [0, 0.1) is 29.6 Å². The Bertz CT molecular complexity index is 654. The third-order valence-electron chi connectivity index (χ3n) is 6.67. The number of carbonyl (C=O) groups is 2. The fraction of sp³-hybridized carbons (Fsp3) is 0.750. The molecule has 0 heterocycles. The summed E-state index contributed by atoms with van der Waals surface area (Å²) in [5.41, 5.74) is 1.21. The maximum absolute atomic E-state index is 12.5. The average molecular weight is 423 g/mol. The van der Waals surface area contributed by atoms with E-state index < -0.39 is 18.2 Å². The summed E-state index contributed by atoms with van der Waals surface area (Å²) >= 11 is 0. The summed E-state index contributed by atoms with van der Waals surface area (Å²) in [4.78, 5) is 23.2. The topological polar surface area (TPSA) is 104 Å². The van der Waals surface area contributed by atoms with Crippen molar-refractivity contribution in [1.29, 1.82) is 0 Å². The van der Waals surface area contributed by atoms with Crippen LogP contribution >= 0.6 is 0 Å². The normalized spacial score (nSPS) is 31.3. The third kappa shape index (κ3) is 6.67. The first kappa shape index (κ1) is 24.6. The van der Waals surface area contributed by atoms with Crippen LogP contribution in [0.25, 0.3) is 0 Å². The number of fused-ring (bicyclic) bond motifs is 1. The highest BCUT2D eigenvalue weighted by Gasteiger charge is 2.41. The number of allylic oxidation sites excluding steroid dienone is 3. The van der Waals surface area contributed by atoms with E-state index in [1.54, 1.807) is 0 Å². The zero-order valence-electron chi connectivity index (χ0n) is 18.7. The van der Waals surface area contributed by atoms with Crippen molar-refractivity contribution in [3.63, 3.8) is 0 Å². The molecule has 2 aliphatic carbocycles. The lowest BCUT2D eigenvalue weighted by atomic mass is 9.65. The molecule has 0 aromatic rings. The van der Waals surface area contributed by atoms with E-state index in [1.807, 2.05) is 13.8 Å². The number of esters is 1. The van der Waals surface area contributed by atoms with Crippen LogP contribution in [0.3, 0.4) is 0 Å². The molecule has 0 aromatic heterocycles. The molecule has 1 unspecified atom stereocenters. The van der Waals surface area contributed by atoms with E-state index in [2.05, 4.69) is 32.1 Å². The number of ether oxygens (including phenoxy) is 1. The van der Waals surface area contributed by atoms with Crippen LogP contribution in [-0.4, -0.2) is 45.6 Å². The number of hydrogen-bond acceptors (Lipinski definition) is 5. The highest BCUT2D eigenvalue weighted by Crippen LogP contribution is 2.45. The summed E-state index contributed by atoms with van der Waals surface area (Å²) in [5, 5.41) is 28.9. The van der Waals surface area contributed by atoms with Crippen LogP contribution in [0.15, 0.2) is 23.8 Å². The van der Waals surface area contributed by atoms with Crippen LogP contribution in [0.4, 0.5) is 0 Å². The molecule has 2 aliphatic rings. The van der Waals surface area contributed by atoms with Crippen molar-refractivity contribution in [3.8, 4) is 0 Å². The van der Waals surface area contributed by atoms with E-state index in [0.717, 1.165) is 19.3 Å². The molecule has 0 saturated carbocycles. The molecule has 0 aliphatic heterocycles. The summed E-state index contributed by atoms with van der Waals surface area (Å²) < 4.78 is 6.00. The van der Waals surface area contributed by atoms with Crippen LogP contribution in [0.5, 0.6) is 0 Å². The van der Waals surface area contributed by atoms with E-state index >= 15 is 0 Å². The molecule has 0 radical (unpaired) electrons. The van der Waals surface area contributed by atoms with Gasteiger partial charge in [-0.3, -0.25) is 9.59 Å². The molecule has 8 atom stereocenters. The van der Waals surface area contributed by atoms with Crippen molar-refractivity contribution in [1.82, 2.24) is 0 Å². The number of hydrogen-bond donors (Lipinski definition) is 3. The largest absolute Gasteiger partial charge is 0.481 e. The Morgan fingerprint density at radius 2 is 1.93 bits per heavy atom. The lowest BCUT2D eigenvalue weighted by molar-refractivity contribution is -0.158. The van der Waals surface area contributed by atoms with E-state index in [4.69, 9.17) is 9.84 Å². The van der Waals surface area contributed by atoms with Gasteiger partial charge in [0.15, 0.2) is 0 Å².